The first-order valence-electron chi connectivity index (χ1n) is 6.28. The molecule has 6 nitrogen and oxygen atoms in total. The van der Waals surface area contributed by atoms with Crippen molar-refractivity contribution in [1.82, 2.24) is 10.2 Å². The lowest BCUT2D eigenvalue weighted by Crippen LogP contribution is -2.14. The summed E-state index contributed by atoms with van der Waals surface area (Å²) in [6, 6.07) is 5.43. The van der Waals surface area contributed by atoms with Gasteiger partial charge in [0.25, 0.3) is 5.91 Å². The maximum atomic E-state index is 13.2. The number of nitrogens with one attached hydrogen (secondary N) is 2. The molecule has 2 aromatic rings. The van der Waals surface area contributed by atoms with Gasteiger partial charge in [-0.3, -0.25) is 9.89 Å². The number of nitrogens with two attached hydrogens (primary N) is 1. The number of amides is 1. The van der Waals surface area contributed by atoms with Crippen LogP contribution in [0.25, 0.3) is 0 Å². The molecule has 0 saturated heterocycles. The van der Waals surface area contributed by atoms with Crippen LogP contribution in [0.4, 0.5) is 15.8 Å². The maximum absolute atomic E-state index is 13.2. The second kappa shape index (κ2) is 5.63. The normalized spacial score (nSPS) is 10.4. The van der Waals surface area contributed by atoms with Gasteiger partial charge >= 0.3 is 0 Å². The Kier molecular flexibility index (Phi) is 3.89. The van der Waals surface area contributed by atoms with Gasteiger partial charge in [-0.2, -0.15) is 10.4 Å². The average Bonchev–Trinajstić information content (AvgIpc) is 2.83. The van der Waals surface area contributed by atoms with E-state index < -0.39 is 11.7 Å². The third-order valence-electron chi connectivity index (χ3n) is 2.97. The Hall–Kier alpha value is -2.88. The van der Waals surface area contributed by atoms with Crippen LogP contribution in [-0.2, 0) is 0 Å². The molecule has 0 atom stereocenters. The molecule has 0 fully saturated rings. The summed E-state index contributed by atoms with van der Waals surface area (Å²) in [7, 11) is 0. The van der Waals surface area contributed by atoms with Gasteiger partial charge in [-0.15, -0.1) is 0 Å². The number of hydrogen-bond acceptors (Lipinski definition) is 4. The Balaban J connectivity index is 2.25. The van der Waals surface area contributed by atoms with E-state index in [2.05, 4.69) is 15.5 Å². The van der Waals surface area contributed by atoms with Crippen LogP contribution in [0, 0.1) is 17.1 Å². The lowest BCUT2D eigenvalue weighted by Gasteiger charge is -2.05. The van der Waals surface area contributed by atoms with E-state index in [-0.39, 0.29) is 22.9 Å². The highest BCUT2D eigenvalue weighted by Crippen LogP contribution is 2.23. The lowest BCUT2D eigenvalue weighted by molar-refractivity contribution is 0.102. The molecule has 0 saturated carbocycles. The number of H-pyrrole nitrogens is 1. The summed E-state index contributed by atoms with van der Waals surface area (Å²) < 4.78 is 13.2. The third-order valence-corrected chi connectivity index (χ3v) is 2.97. The fraction of sp³-hybridized carbons (Fsp3) is 0.214. The van der Waals surface area contributed by atoms with Crippen molar-refractivity contribution in [1.29, 1.82) is 5.26 Å². The Labute approximate surface area is 120 Å². The fourth-order valence-electron chi connectivity index (χ4n) is 1.86. The van der Waals surface area contributed by atoms with Crippen molar-refractivity contribution in [3.05, 3.63) is 41.0 Å². The van der Waals surface area contributed by atoms with E-state index in [0.29, 0.717) is 11.4 Å². The maximum Gasteiger partial charge on any atom is 0.278 e. The van der Waals surface area contributed by atoms with Crippen LogP contribution in [0.3, 0.4) is 0 Å². The molecule has 1 aromatic carbocycles. The van der Waals surface area contributed by atoms with Crippen LogP contribution in [0.1, 0.15) is 41.5 Å². The summed E-state index contributed by atoms with van der Waals surface area (Å²) in [5.74, 6) is -1.06. The second-order valence-corrected chi connectivity index (χ2v) is 4.81. The molecule has 2 rings (SSSR count). The standard InChI is InChI=1S/C14H14FN5O/c1-7(2)12-11(17)13(20-19-12)14(21)18-9-3-4-10(15)8(5-9)6-16/h3-5,7H,17H2,1-2H3,(H,18,21)(H,19,20). The van der Waals surface area contributed by atoms with Gasteiger partial charge in [0.2, 0.25) is 0 Å². The largest absolute Gasteiger partial charge is 0.395 e. The van der Waals surface area contributed by atoms with E-state index in [1.807, 2.05) is 13.8 Å². The highest BCUT2D eigenvalue weighted by atomic mass is 19.1. The number of rotatable bonds is 3. The molecule has 0 aliphatic rings. The predicted molar refractivity (Wildman–Crippen MR) is 76.2 cm³/mol. The van der Waals surface area contributed by atoms with E-state index in [0.717, 1.165) is 6.07 Å². The molecule has 0 aliphatic heterocycles. The summed E-state index contributed by atoms with van der Waals surface area (Å²) in [4.78, 5) is 12.1. The Morgan fingerprint density at radius 3 is 2.81 bits per heavy atom. The van der Waals surface area contributed by atoms with Gasteiger partial charge in [0, 0.05) is 5.69 Å². The molecular weight excluding hydrogens is 273 g/mol. The van der Waals surface area contributed by atoms with Crippen LogP contribution < -0.4 is 11.1 Å². The molecule has 1 aromatic heterocycles. The lowest BCUT2D eigenvalue weighted by atomic mass is 10.1. The minimum absolute atomic E-state index is 0.0709. The SMILES string of the molecule is CC(C)c1[nH]nc(C(=O)Nc2ccc(F)c(C#N)c2)c1N. The molecular formula is C14H14FN5O. The van der Waals surface area contributed by atoms with Crippen LogP contribution in [0.5, 0.6) is 0 Å². The number of nitrogen functional groups attached to an aromatic ring is 1. The molecule has 1 amide bonds. The predicted octanol–water partition coefficient (Wildman–Crippen LogP) is 2.38. The van der Waals surface area contributed by atoms with Gasteiger partial charge in [0.1, 0.15) is 11.9 Å². The first-order chi connectivity index (χ1) is 9.93. The molecule has 0 bridgehead atoms. The second-order valence-electron chi connectivity index (χ2n) is 4.81. The monoisotopic (exact) mass is 287 g/mol. The minimum Gasteiger partial charge on any atom is -0.395 e. The quantitative estimate of drug-likeness (QED) is 0.805. The third kappa shape index (κ3) is 2.84. The zero-order valence-electron chi connectivity index (χ0n) is 11.6. The first kappa shape index (κ1) is 14.5. The van der Waals surface area contributed by atoms with Crippen molar-refractivity contribution >= 4 is 17.3 Å². The number of aromatic nitrogens is 2. The molecule has 4 N–H and O–H groups in total. The zero-order valence-corrected chi connectivity index (χ0v) is 11.6. The van der Waals surface area contributed by atoms with Crippen LogP contribution in [-0.4, -0.2) is 16.1 Å². The first-order valence-corrected chi connectivity index (χ1v) is 6.28. The topological polar surface area (TPSA) is 108 Å². The number of nitriles is 1. The van der Waals surface area contributed by atoms with E-state index in [4.69, 9.17) is 11.0 Å². The Bertz CT molecular complexity index is 729. The van der Waals surface area contributed by atoms with Crippen molar-refractivity contribution in [2.75, 3.05) is 11.1 Å². The number of carbonyl (C=O) groups excluding carboxylic acids is 1. The average molecular weight is 287 g/mol. The number of anilines is 2. The van der Waals surface area contributed by atoms with Gasteiger partial charge < -0.3 is 11.1 Å². The summed E-state index contributed by atoms with van der Waals surface area (Å²) in [5, 5.41) is 17.9. The van der Waals surface area contributed by atoms with Gasteiger partial charge in [0.05, 0.1) is 16.9 Å². The van der Waals surface area contributed by atoms with E-state index in [9.17, 15) is 9.18 Å². The highest BCUT2D eigenvalue weighted by Gasteiger charge is 2.19. The van der Waals surface area contributed by atoms with Crippen LogP contribution >= 0.6 is 0 Å². The molecule has 108 valence electrons. The number of aromatic amines is 1. The molecule has 0 unspecified atom stereocenters. The number of benzene rings is 1. The van der Waals surface area contributed by atoms with Crippen LogP contribution in [0.15, 0.2) is 18.2 Å². The van der Waals surface area contributed by atoms with Gasteiger partial charge in [0.15, 0.2) is 5.69 Å². The van der Waals surface area contributed by atoms with Crippen molar-refractivity contribution < 1.29 is 9.18 Å². The smallest absolute Gasteiger partial charge is 0.278 e. The number of carbonyl (C=O) groups is 1. The molecule has 1 heterocycles. The summed E-state index contributed by atoms with van der Waals surface area (Å²) in [6.07, 6.45) is 0. The number of halogens is 1. The number of hydrogen-bond donors (Lipinski definition) is 3. The van der Waals surface area contributed by atoms with Gasteiger partial charge in [-0.1, -0.05) is 13.8 Å². The fourth-order valence-corrected chi connectivity index (χ4v) is 1.86. The zero-order chi connectivity index (χ0) is 15.6. The van der Waals surface area contributed by atoms with E-state index in [1.54, 1.807) is 6.07 Å². The minimum atomic E-state index is -0.642. The summed E-state index contributed by atoms with van der Waals surface area (Å²) >= 11 is 0. The molecule has 0 aliphatic carbocycles. The molecule has 0 spiro atoms. The van der Waals surface area contributed by atoms with Crippen molar-refractivity contribution in [3.63, 3.8) is 0 Å². The molecule has 7 heteroatoms. The summed E-state index contributed by atoms with van der Waals surface area (Å²) in [6.45, 7) is 3.84. The van der Waals surface area contributed by atoms with E-state index in [1.165, 1.54) is 12.1 Å². The molecule has 0 radical (unpaired) electrons. The van der Waals surface area contributed by atoms with E-state index >= 15 is 0 Å². The number of nitrogens with zero attached hydrogens (tertiary/aromatic N) is 2. The van der Waals surface area contributed by atoms with Gasteiger partial charge in [-0.05, 0) is 24.1 Å². The van der Waals surface area contributed by atoms with Crippen LogP contribution in [0.2, 0.25) is 0 Å². The Morgan fingerprint density at radius 1 is 1.52 bits per heavy atom. The van der Waals surface area contributed by atoms with Crippen molar-refractivity contribution in [2.45, 2.75) is 19.8 Å². The van der Waals surface area contributed by atoms with Crippen molar-refractivity contribution in [3.8, 4) is 6.07 Å². The molecule has 21 heavy (non-hydrogen) atoms. The van der Waals surface area contributed by atoms with Crippen molar-refractivity contribution in [2.24, 2.45) is 0 Å². The van der Waals surface area contributed by atoms with Gasteiger partial charge in [-0.25, -0.2) is 4.39 Å². The summed E-state index contributed by atoms with van der Waals surface area (Å²) in [5.41, 5.74) is 7.05. The highest BCUT2D eigenvalue weighted by molar-refractivity contribution is 6.06. The Morgan fingerprint density at radius 2 is 2.24 bits per heavy atom.